The van der Waals surface area contributed by atoms with Gasteiger partial charge in [0.2, 0.25) is 5.91 Å². The van der Waals surface area contributed by atoms with Crippen LogP contribution in [0.2, 0.25) is 0 Å². The van der Waals surface area contributed by atoms with E-state index in [1.165, 1.54) is 0 Å². The van der Waals surface area contributed by atoms with Gasteiger partial charge in [-0.25, -0.2) is 4.98 Å². The summed E-state index contributed by atoms with van der Waals surface area (Å²) in [6.07, 6.45) is 0. The average molecular weight is 338 g/mol. The second-order valence-corrected chi connectivity index (χ2v) is 5.91. The Morgan fingerprint density at radius 1 is 1.20 bits per heavy atom. The van der Waals surface area contributed by atoms with Crippen LogP contribution in [0.4, 0.5) is 0 Å². The van der Waals surface area contributed by atoms with Crippen molar-refractivity contribution in [3.05, 3.63) is 60.4 Å². The molecular weight excluding hydrogens is 316 g/mol. The lowest BCUT2D eigenvalue weighted by molar-refractivity contribution is -0.122. The van der Waals surface area contributed by atoms with Gasteiger partial charge in [-0.2, -0.15) is 0 Å². The van der Waals surface area contributed by atoms with Gasteiger partial charge in [0.15, 0.2) is 0 Å². The number of aromatic nitrogens is 2. The zero-order valence-corrected chi connectivity index (χ0v) is 14.2. The molecule has 0 saturated heterocycles. The van der Waals surface area contributed by atoms with Gasteiger partial charge in [-0.15, -0.1) is 0 Å². The first-order valence-electron chi connectivity index (χ1n) is 8.29. The first-order valence-corrected chi connectivity index (χ1v) is 8.29. The lowest BCUT2D eigenvalue weighted by Crippen LogP contribution is -2.39. The Labute approximate surface area is 146 Å². The van der Waals surface area contributed by atoms with Crippen LogP contribution in [0.15, 0.2) is 54.6 Å². The van der Waals surface area contributed by atoms with Gasteiger partial charge in [-0.1, -0.05) is 30.3 Å². The summed E-state index contributed by atoms with van der Waals surface area (Å²) in [5.41, 5.74) is 7.32. The van der Waals surface area contributed by atoms with Gasteiger partial charge < -0.3 is 20.4 Å². The number of rotatable bonds is 7. The molecule has 3 rings (SSSR count). The molecule has 1 heterocycles. The van der Waals surface area contributed by atoms with E-state index in [0.717, 1.165) is 16.8 Å². The highest BCUT2D eigenvalue weighted by atomic mass is 16.5. The number of nitrogens with one attached hydrogen (secondary N) is 1. The average Bonchev–Trinajstić information content (AvgIpc) is 2.98. The maximum Gasteiger partial charge on any atom is 0.240 e. The zero-order chi connectivity index (χ0) is 17.6. The molecule has 25 heavy (non-hydrogen) atoms. The maximum atomic E-state index is 12.3. The summed E-state index contributed by atoms with van der Waals surface area (Å²) in [4.78, 5) is 16.9. The molecule has 0 bridgehead atoms. The summed E-state index contributed by atoms with van der Waals surface area (Å²) in [6, 6.07) is 17.2. The standard InChI is InChI=1S/C19H22N4O2/c1-14(11-20)21-19(24)12-23-17-10-6-5-9-16(17)22-18(23)13-25-15-7-3-2-4-8-15/h2-10,14H,11-13,20H2,1H3,(H,21,24)/t14-/m0/s1. The van der Waals surface area contributed by atoms with Crippen LogP contribution >= 0.6 is 0 Å². The fourth-order valence-corrected chi connectivity index (χ4v) is 2.60. The summed E-state index contributed by atoms with van der Waals surface area (Å²) in [5.74, 6) is 1.38. The molecule has 0 radical (unpaired) electrons. The second kappa shape index (κ2) is 7.81. The Bertz CT molecular complexity index is 845. The van der Waals surface area contributed by atoms with Gasteiger partial charge >= 0.3 is 0 Å². The van der Waals surface area contributed by atoms with Crippen LogP contribution in [0.25, 0.3) is 11.0 Å². The SMILES string of the molecule is C[C@@H](CN)NC(=O)Cn1c(COc2ccccc2)nc2ccccc21. The molecule has 3 aromatic rings. The highest BCUT2D eigenvalue weighted by Gasteiger charge is 2.15. The van der Waals surface area contributed by atoms with Crippen LogP contribution in [0.1, 0.15) is 12.7 Å². The zero-order valence-electron chi connectivity index (χ0n) is 14.2. The molecule has 6 heteroatoms. The van der Waals surface area contributed by atoms with E-state index in [2.05, 4.69) is 10.3 Å². The topological polar surface area (TPSA) is 82.2 Å². The molecule has 0 aliphatic rings. The van der Waals surface area contributed by atoms with E-state index in [1.54, 1.807) is 0 Å². The molecule has 1 aromatic heterocycles. The largest absolute Gasteiger partial charge is 0.486 e. The Balaban J connectivity index is 1.83. The third-order valence-electron chi connectivity index (χ3n) is 3.91. The van der Waals surface area contributed by atoms with Gasteiger partial charge in [-0.05, 0) is 31.2 Å². The van der Waals surface area contributed by atoms with Crippen LogP contribution in [-0.4, -0.2) is 28.0 Å². The van der Waals surface area contributed by atoms with Crippen molar-refractivity contribution in [3.8, 4) is 5.75 Å². The predicted octanol–water partition coefficient (Wildman–Crippen LogP) is 2.08. The molecule has 2 aromatic carbocycles. The summed E-state index contributed by atoms with van der Waals surface area (Å²) in [5, 5.41) is 2.88. The van der Waals surface area contributed by atoms with Crippen molar-refractivity contribution in [2.75, 3.05) is 6.54 Å². The number of amides is 1. The Kier molecular flexibility index (Phi) is 5.30. The molecule has 0 aliphatic carbocycles. The Morgan fingerprint density at radius 2 is 1.92 bits per heavy atom. The van der Waals surface area contributed by atoms with E-state index < -0.39 is 0 Å². The van der Waals surface area contributed by atoms with E-state index in [1.807, 2.05) is 66.1 Å². The Morgan fingerprint density at radius 3 is 2.68 bits per heavy atom. The van der Waals surface area contributed by atoms with Gasteiger partial charge in [-0.3, -0.25) is 4.79 Å². The third kappa shape index (κ3) is 4.16. The molecule has 0 saturated carbocycles. The van der Waals surface area contributed by atoms with Gasteiger partial charge in [0.05, 0.1) is 11.0 Å². The molecule has 130 valence electrons. The molecule has 1 atom stereocenters. The molecule has 6 nitrogen and oxygen atoms in total. The van der Waals surface area contributed by atoms with Gasteiger partial charge in [0.25, 0.3) is 0 Å². The number of carbonyl (C=O) groups is 1. The predicted molar refractivity (Wildman–Crippen MR) is 97.2 cm³/mol. The highest BCUT2D eigenvalue weighted by molar-refractivity contribution is 5.81. The van der Waals surface area contributed by atoms with Crippen molar-refractivity contribution in [1.82, 2.24) is 14.9 Å². The normalized spacial score (nSPS) is 12.1. The van der Waals surface area contributed by atoms with Crippen molar-refractivity contribution in [3.63, 3.8) is 0 Å². The van der Waals surface area contributed by atoms with Crippen LogP contribution in [0, 0.1) is 0 Å². The lowest BCUT2D eigenvalue weighted by atomic mass is 10.3. The van der Waals surface area contributed by atoms with E-state index in [4.69, 9.17) is 10.5 Å². The number of carbonyl (C=O) groups excluding carboxylic acids is 1. The number of nitrogens with two attached hydrogens (primary N) is 1. The number of fused-ring (bicyclic) bond motifs is 1. The number of para-hydroxylation sites is 3. The van der Waals surface area contributed by atoms with Crippen molar-refractivity contribution in [1.29, 1.82) is 0 Å². The smallest absolute Gasteiger partial charge is 0.240 e. The van der Waals surface area contributed by atoms with Crippen molar-refractivity contribution < 1.29 is 9.53 Å². The quantitative estimate of drug-likeness (QED) is 0.691. The monoisotopic (exact) mass is 338 g/mol. The maximum absolute atomic E-state index is 12.3. The first kappa shape index (κ1) is 17.0. The number of ether oxygens (including phenoxy) is 1. The summed E-state index contributed by atoms with van der Waals surface area (Å²) < 4.78 is 7.70. The van der Waals surface area contributed by atoms with Crippen molar-refractivity contribution in [2.24, 2.45) is 5.73 Å². The summed E-state index contributed by atoms with van der Waals surface area (Å²) in [7, 11) is 0. The van der Waals surface area contributed by atoms with E-state index in [9.17, 15) is 4.79 Å². The minimum Gasteiger partial charge on any atom is -0.486 e. The van der Waals surface area contributed by atoms with Gasteiger partial charge in [0, 0.05) is 12.6 Å². The minimum absolute atomic E-state index is 0.0636. The van der Waals surface area contributed by atoms with E-state index in [-0.39, 0.29) is 18.5 Å². The molecular formula is C19H22N4O2. The fraction of sp³-hybridized carbons (Fsp3) is 0.263. The minimum atomic E-state index is -0.0953. The molecule has 1 amide bonds. The molecule has 0 unspecified atom stereocenters. The Hall–Kier alpha value is -2.86. The van der Waals surface area contributed by atoms with Crippen LogP contribution in [0.3, 0.4) is 0 Å². The van der Waals surface area contributed by atoms with Gasteiger partial charge in [0.1, 0.15) is 24.7 Å². The first-order chi connectivity index (χ1) is 12.2. The number of hydrogen-bond donors (Lipinski definition) is 2. The molecule has 3 N–H and O–H groups in total. The molecule has 0 aliphatic heterocycles. The number of benzene rings is 2. The molecule has 0 spiro atoms. The van der Waals surface area contributed by atoms with E-state index >= 15 is 0 Å². The van der Waals surface area contributed by atoms with Crippen molar-refractivity contribution >= 4 is 16.9 Å². The summed E-state index contributed by atoms with van der Waals surface area (Å²) >= 11 is 0. The van der Waals surface area contributed by atoms with Crippen LogP contribution in [0.5, 0.6) is 5.75 Å². The highest BCUT2D eigenvalue weighted by Crippen LogP contribution is 2.18. The van der Waals surface area contributed by atoms with Crippen LogP contribution in [-0.2, 0) is 17.9 Å². The lowest BCUT2D eigenvalue weighted by Gasteiger charge is -2.14. The summed E-state index contributed by atoms with van der Waals surface area (Å²) in [6.45, 7) is 2.75. The fourth-order valence-electron chi connectivity index (χ4n) is 2.60. The van der Waals surface area contributed by atoms with E-state index in [0.29, 0.717) is 19.0 Å². The van der Waals surface area contributed by atoms with Crippen molar-refractivity contribution in [2.45, 2.75) is 26.1 Å². The number of nitrogens with zero attached hydrogens (tertiary/aromatic N) is 2. The number of hydrogen-bond acceptors (Lipinski definition) is 4. The number of imidazole rings is 1. The third-order valence-corrected chi connectivity index (χ3v) is 3.91. The molecule has 0 fully saturated rings. The second-order valence-electron chi connectivity index (χ2n) is 5.91. The van der Waals surface area contributed by atoms with Crippen LogP contribution < -0.4 is 15.8 Å².